The number of nitrogens with zero attached hydrogens (tertiary/aromatic N) is 1. The summed E-state index contributed by atoms with van der Waals surface area (Å²) in [4.78, 5) is 39.1. The van der Waals surface area contributed by atoms with Crippen molar-refractivity contribution >= 4 is 52.4 Å². The van der Waals surface area contributed by atoms with E-state index in [0.29, 0.717) is 40.1 Å². The predicted octanol–water partition coefficient (Wildman–Crippen LogP) is 6.57. The molecule has 9 heteroatoms. The molecule has 0 bridgehead atoms. The molecule has 0 aromatic heterocycles. The van der Waals surface area contributed by atoms with Gasteiger partial charge in [0.05, 0.1) is 11.3 Å². The summed E-state index contributed by atoms with van der Waals surface area (Å²) in [5.41, 5.74) is 2.08. The van der Waals surface area contributed by atoms with Crippen molar-refractivity contribution < 1.29 is 23.9 Å². The van der Waals surface area contributed by atoms with E-state index in [2.05, 4.69) is 5.32 Å². The van der Waals surface area contributed by atoms with Gasteiger partial charge >= 0.3 is 5.97 Å². The Morgan fingerprint density at radius 2 is 1.38 bits per heavy atom. The molecule has 0 fully saturated rings. The van der Waals surface area contributed by atoms with E-state index in [1.54, 1.807) is 60.7 Å². The first kappa shape index (κ1) is 26.0. The number of anilines is 2. The maximum absolute atomic E-state index is 12.9. The number of hydrogen-bond acceptors (Lipinski definition) is 6. The van der Waals surface area contributed by atoms with E-state index in [9.17, 15) is 14.4 Å². The first-order valence-electron chi connectivity index (χ1n) is 11.8. The van der Waals surface area contributed by atoms with Gasteiger partial charge < -0.3 is 14.8 Å². The maximum Gasteiger partial charge on any atom is 0.343 e. The second kappa shape index (κ2) is 11.4. The maximum atomic E-state index is 12.9. The van der Waals surface area contributed by atoms with Gasteiger partial charge in [-0.15, -0.1) is 0 Å². The minimum absolute atomic E-state index is 0.0680. The highest BCUT2D eigenvalue weighted by Crippen LogP contribution is 2.31. The number of carbonyl (C=O) groups excluding carboxylic acids is 3. The van der Waals surface area contributed by atoms with Gasteiger partial charge in [0.25, 0.3) is 11.8 Å². The number of hydrogen-bond donors (Lipinski definition) is 1. The molecule has 0 spiro atoms. The van der Waals surface area contributed by atoms with Crippen LogP contribution in [-0.2, 0) is 16.2 Å². The molecule has 5 rings (SSSR count). The summed E-state index contributed by atoms with van der Waals surface area (Å²) in [6.45, 7) is 0.432. The normalized spacial score (nSPS) is 13.0. The summed E-state index contributed by atoms with van der Waals surface area (Å²) in [6.07, 6.45) is 0. The molecule has 1 heterocycles. The number of esters is 1. The monoisotopic (exact) mass is 558 g/mol. The predicted molar refractivity (Wildman–Crippen MR) is 149 cm³/mol. The van der Waals surface area contributed by atoms with Gasteiger partial charge in [0.15, 0.2) is 0 Å². The summed E-state index contributed by atoms with van der Waals surface area (Å²) >= 11 is 12.1. The van der Waals surface area contributed by atoms with Gasteiger partial charge in [-0.1, -0.05) is 53.5 Å². The van der Waals surface area contributed by atoms with Crippen LogP contribution in [0.25, 0.3) is 0 Å². The SMILES string of the molecule is O=C(Oc1ccc(OCc2ccccc2)cc1)c1ccc(NC2=C(Cl)C(=O)N(c3ccc(Cl)cc3)C2=O)cc1. The summed E-state index contributed by atoms with van der Waals surface area (Å²) in [7, 11) is 0. The lowest BCUT2D eigenvalue weighted by Gasteiger charge is -2.15. The van der Waals surface area contributed by atoms with Gasteiger partial charge in [0.1, 0.15) is 28.8 Å². The van der Waals surface area contributed by atoms with Crippen LogP contribution in [0.5, 0.6) is 11.5 Å². The lowest BCUT2D eigenvalue weighted by molar-refractivity contribution is -0.120. The molecular weight excluding hydrogens is 539 g/mol. The summed E-state index contributed by atoms with van der Waals surface area (Å²) < 4.78 is 11.2. The largest absolute Gasteiger partial charge is 0.489 e. The number of nitrogens with one attached hydrogen (secondary N) is 1. The third kappa shape index (κ3) is 5.95. The zero-order chi connectivity index (χ0) is 27.4. The number of rotatable bonds is 8. The first-order chi connectivity index (χ1) is 18.9. The Bertz CT molecular complexity index is 1550. The van der Waals surface area contributed by atoms with E-state index >= 15 is 0 Å². The molecule has 1 N–H and O–H groups in total. The molecular formula is C30H20Cl2N2O5. The van der Waals surface area contributed by atoms with Crippen molar-refractivity contribution in [1.82, 2.24) is 0 Å². The number of imide groups is 1. The quantitative estimate of drug-likeness (QED) is 0.149. The van der Waals surface area contributed by atoms with Crippen LogP contribution >= 0.6 is 23.2 Å². The highest BCUT2D eigenvalue weighted by Gasteiger charge is 2.38. The van der Waals surface area contributed by atoms with Gasteiger partial charge in [0, 0.05) is 10.7 Å². The van der Waals surface area contributed by atoms with Gasteiger partial charge in [-0.3, -0.25) is 9.59 Å². The number of amides is 2. The average Bonchev–Trinajstić information content (AvgIpc) is 3.17. The summed E-state index contributed by atoms with van der Waals surface area (Å²) in [5, 5.41) is 3.10. The van der Waals surface area contributed by atoms with Crippen molar-refractivity contribution in [1.29, 1.82) is 0 Å². The average molecular weight is 559 g/mol. The van der Waals surface area contributed by atoms with Crippen LogP contribution in [0.15, 0.2) is 114 Å². The van der Waals surface area contributed by atoms with E-state index < -0.39 is 17.8 Å². The fraction of sp³-hybridized carbons (Fsp3) is 0.0333. The van der Waals surface area contributed by atoms with Gasteiger partial charge in [-0.05, 0) is 78.4 Å². The Hall–Kier alpha value is -4.59. The van der Waals surface area contributed by atoms with E-state index in [1.165, 1.54) is 12.1 Å². The number of benzene rings is 4. The lowest BCUT2D eigenvalue weighted by Crippen LogP contribution is -2.32. The van der Waals surface area contributed by atoms with Crippen molar-refractivity contribution in [2.75, 3.05) is 10.2 Å². The molecule has 0 saturated carbocycles. The second-order valence-corrected chi connectivity index (χ2v) is 9.26. The molecule has 4 aromatic carbocycles. The van der Waals surface area contributed by atoms with Crippen molar-refractivity contribution in [3.8, 4) is 11.5 Å². The molecule has 4 aromatic rings. The number of ether oxygens (including phenoxy) is 2. The van der Waals surface area contributed by atoms with Gasteiger partial charge in [-0.25, -0.2) is 9.69 Å². The highest BCUT2D eigenvalue weighted by atomic mass is 35.5. The first-order valence-corrected chi connectivity index (χ1v) is 12.5. The summed E-state index contributed by atoms with van der Waals surface area (Å²) in [6, 6.07) is 29.0. The minimum atomic E-state index is -0.650. The van der Waals surface area contributed by atoms with Crippen LogP contribution in [-0.4, -0.2) is 17.8 Å². The number of halogens is 2. The van der Waals surface area contributed by atoms with Crippen LogP contribution in [0, 0.1) is 0 Å². The number of carbonyl (C=O) groups is 3. The molecule has 0 unspecified atom stereocenters. The minimum Gasteiger partial charge on any atom is -0.489 e. The van der Waals surface area contributed by atoms with Crippen LogP contribution < -0.4 is 19.7 Å². The Kier molecular flexibility index (Phi) is 7.63. The van der Waals surface area contributed by atoms with Crippen molar-refractivity contribution in [2.24, 2.45) is 0 Å². The van der Waals surface area contributed by atoms with Crippen LogP contribution in [0.1, 0.15) is 15.9 Å². The van der Waals surface area contributed by atoms with Crippen LogP contribution in [0.3, 0.4) is 0 Å². The van der Waals surface area contributed by atoms with Crippen molar-refractivity contribution in [3.63, 3.8) is 0 Å². The molecule has 194 valence electrons. The fourth-order valence-electron chi connectivity index (χ4n) is 3.78. The highest BCUT2D eigenvalue weighted by molar-refractivity contribution is 6.53. The molecule has 1 aliphatic heterocycles. The van der Waals surface area contributed by atoms with E-state index in [1.807, 2.05) is 30.3 Å². The second-order valence-electron chi connectivity index (χ2n) is 8.45. The molecule has 0 radical (unpaired) electrons. The van der Waals surface area contributed by atoms with E-state index in [4.69, 9.17) is 32.7 Å². The Morgan fingerprint density at radius 1 is 0.744 bits per heavy atom. The summed E-state index contributed by atoms with van der Waals surface area (Å²) in [5.74, 6) is -0.798. The zero-order valence-corrected chi connectivity index (χ0v) is 21.8. The molecule has 39 heavy (non-hydrogen) atoms. The van der Waals surface area contributed by atoms with Crippen molar-refractivity contribution in [3.05, 3.63) is 130 Å². The molecule has 1 aliphatic rings. The van der Waals surface area contributed by atoms with E-state index in [-0.39, 0.29) is 10.7 Å². The zero-order valence-electron chi connectivity index (χ0n) is 20.3. The fourth-order valence-corrected chi connectivity index (χ4v) is 4.12. The van der Waals surface area contributed by atoms with Crippen molar-refractivity contribution in [2.45, 2.75) is 6.61 Å². The third-order valence-electron chi connectivity index (χ3n) is 5.78. The third-order valence-corrected chi connectivity index (χ3v) is 6.39. The van der Waals surface area contributed by atoms with E-state index in [0.717, 1.165) is 10.5 Å². The Balaban J connectivity index is 1.19. The Morgan fingerprint density at radius 3 is 2.05 bits per heavy atom. The molecule has 0 saturated heterocycles. The molecule has 2 amide bonds. The van der Waals surface area contributed by atoms with Gasteiger partial charge in [0.2, 0.25) is 0 Å². The molecule has 7 nitrogen and oxygen atoms in total. The Labute approximate surface area is 234 Å². The standard InChI is InChI=1S/C30H20Cl2N2O5/c31-21-8-12-23(13-9-21)34-28(35)26(32)27(29(34)36)33-22-10-6-20(7-11-22)30(37)39-25-16-14-24(15-17-25)38-18-19-4-2-1-3-5-19/h1-17,33H,18H2. The van der Waals surface area contributed by atoms with Crippen LogP contribution in [0.4, 0.5) is 11.4 Å². The lowest BCUT2D eigenvalue weighted by atomic mass is 10.2. The molecule has 0 atom stereocenters. The smallest absolute Gasteiger partial charge is 0.343 e. The topological polar surface area (TPSA) is 84.9 Å². The van der Waals surface area contributed by atoms with Gasteiger partial charge in [-0.2, -0.15) is 0 Å². The van der Waals surface area contributed by atoms with Crippen LogP contribution in [0.2, 0.25) is 5.02 Å². The molecule has 0 aliphatic carbocycles.